The summed E-state index contributed by atoms with van der Waals surface area (Å²) >= 11 is 0. The molecule has 0 atom stereocenters. The average molecular weight is 195 g/mol. The standard InChI is InChI=1S/C11H17NO2/c1-3-7-11(4-2)8-5-6-9-14-12-10-13/h3-4,7,10H,1-2,5-6,8-9H2,(H,12,13)/b11-7+. The summed E-state index contributed by atoms with van der Waals surface area (Å²) in [5.41, 5.74) is 3.31. The highest BCUT2D eigenvalue weighted by Crippen LogP contribution is 2.08. The normalized spacial score (nSPS) is 10.7. The Morgan fingerprint density at radius 2 is 2.14 bits per heavy atom. The van der Waals surface area contributed by atoms with Gasteiger partial charge in [-0.3, -0.25) is 9.63 Å². The molecule has 0 spiro atoms. The zero-order valence-corrected chi connectivity index (χ0v) is 8.37. The van der Waals surface area contributed by atoms with E-state index in [-0.39, 0.29) is 0 Å². The second kappa shape index (κ2) is 9.74. The zero-order valence-electron chi connectivity index (χ0n) is 8.37. The molecule has 0 saturated carbocycles. The van der Waals surface area contributed by atoms with Crippen molar-refractivity contribution < 1.29 is 9.63 Å². The smallest absolute Gasteiger partial charge is 0.230 e. The summed E-state index contributed by atoms with van der Waals surface area (Å²) in [6.45, 7) is 7.86. The maximum Gasteiger partial charge on any atom is 0.230 e. The molecule has 0 radical (unpaired) electrons. The summed E-state index contributed by atoms with van der Waals surface area (Å²) in [5, 5.41) is 0. The van der Waals surface area contributed by atoms with Crippen LogP contribution in [-0.4, -0.2) is 13.0 Å². The molecule has 14 heavy (non-hydrogen) atoms. The highest BCUT2D eigenvalue weighted by Gasteiger charge is 1.92. The first-order valence-electron chi connectivity index (χ1n) is 4.60. The Kier molecular flexibility index (Phi) is 8.80. The van der Waals surface area contributed by atoms with Crippen molar-refractivity contribution in [2.75, 3.05) is 6.61 Å². The van der Waals surface area contributed by atoms with Gasteiger partial charge in [0.25, 0.3) is 0 Å². The van der Waals surface area contributed by atoms with Crippen LogP contribution in [-0.2, 0) is 9.63 Å². The van der Waals surface area contributed by atoms with Crippen molar-refractivity contribution >= 4 is 6.41 Å². The molecule has 0 aliphatic heterocycles. The quantitative estimate of drug-likeness (QED) is 0.265. The van der Waals surface area contributed by atoms with Crippen LogP contribution in [0.3, 0.4) is 0 Å². The van der Waals surface area contributed by atoms with Crippen LogP contribution >= 0.6 is 0 Å². The third-order valence-electron chi connectivity index (χ3n) is 1.69. The first kappa shape index (κ1) is 12.7. The molecule has 0 aromatic rings. The number of hydroxylamine groups is 1. The Morgan fingerprint density at radius 3 is 2.71 bits per heavy atom. The molecule has 0 bridgehead atoms. The monoisotopic (exact) mass is 195 g/mol. The van der Waals surface area contributed by atoms with Crippen LogP contribution < -0.4 is 5.48 Å². The molecule has 1 N–H and O–H groups in total. The van der Waals surface area contributed by atoms with Gasteiger partial charge in [-0.25, -0.2) is 5.48 Å². The molecule has 0 aliphatic rings. The van der Waals surface area contributed by atoms with Crippen molar-refractivity contribution in [3.8, 4) is 0 Å². The number of unbranched alkanes of at least 4 members (excludes halogenated alkanes) is 1. The molecular formula is C11H17NO2. The summed E-state index contributed by atoms with van der Waals surface area (Å²) in [6, 6.07) is 0. The van der Waals surface area contributed by atoms with Gasteiger partial charge in [0.05, 0.1) is 6.61 Å². The van der Waals surface area contributed by atoms with Gasteiger partial charge in [-0.05, 0) is 24.8 Å². The predicted molar refractivity (Wildman–Crippen MR) is 57.5 cm³/mol. The summed E-state index contributed by atoms with van der Waals surface area (Å²) in [7, 11) is 0. The van der Waals surface area contributed by atoms with Crippen molar-refractivity contribution in [1.29, 1.82) is 0 Å². The van der Waals surface area contributed by atoms with Gasteiger partial charge in [0.15, 0.2) is 0 Å². The lowest BCUT2D eigenvalue weighted by Crippen LogP contribution is -2.12. The van der Waals surface area contributed by atoms with Crippen LogP contribution in [0.1, 0.15) is 19.3 Å². The Balaban J connectivity index is 3.42. The lowest BCUT2D eigenvalue weighted by atomic mass is 10.1. The number of amides is 1. The molecule has 3 heteroatoms. The van der Waals surface area contributed by atoms with E-state index in [2.05, 4.69) is 18.6 Å². The van der Waals surface area contributed by atoms with E-state index in [9.17, 15) is 4.79 Å². The van der Waals surface area contributed by atoms with Crippen molar-refractivity contribution in [1.82, 2.24) is 5.48 Å². The van der Waals surface area contributed by atoms with Crippen LogP contribution in [0.25, 0.3) is 0 Å². The number of hydrogen-bond acceptors (Lipinski definition) is 2. The van der Waals surface area contributed by atoms with Gasteiger partial charge in [0, 0.05) is 0 Å². The lowest BCUT2D eigenvalue weighted by Gasteiger charge is -2.02. The van der Waals surface area contributed by atoms with E-state index in [4.69, 9.17) is 4.84 Å². The summed E-state index contributed by atoms with van der Waals surface area (Å²) in [4.78, 5) is 14.6. The van der Waals surface area contributed by atoms with Gasteiger partial charge in [0.2, 0.25) is 6.41 Å². The SMILES string of the molecule is C=C/C=C(\C=C)CCCCONC=O. The summed E-state index contributed by atoms with van der Waals surface area (Å²) < 4.78 is 0. The van der Waals surface area contributed by atoms with Crippen LogP contribution in [0.15, 0.2) is 37.0 Å². The van der Waals surface area contributed by atoms with Gasteiger partial charge >= 0.3 is 0 Å². The molecule has 3 nitrogen and oxygen atoms in total. The number of carbonyl (C=O) groups excluding carboxylic acids is 1. The molecule has 0 aromatic heterocycles. The minimum atomic E-state index is 0.521. The van der Waals surface area contributed by atoms with Crippen LogP contribution in [0, 0.1) is 0 Å². The molecule has 0 aromatic carbocycles. The number of allylic oxidation sites excluding steroid dienone is 4. The van der Waals surface area contributed by atoms with E-state index >= 15 is 0 Å². The van der Waals surface area contributed by atoms with E-state index in [1.807, 2.05) is 12.2 Å². The first-order chi connectivity index (χ1) is 6.85. The Hall–Kier alpha value is -1.35. The Bertz CT molecular complexity index is 209. The molecule has 0 saturated heterocycles. The summed E-state index contributed by atoms with van der Waals surface area (Å²) in [5.74, 6) is 0. The van der Waals surface area contributed by atoms with E-state index < -0.39 is 0 Å². The zero-order chi connectivity index (χ0) is 10.6. The first-order valence-corrected chi connectivity index (χ1v) is 4.60. The second-order valence-corrected chi connectivity index (χ2v) is 2.72. The van der Waals surface area contributed by atoms with Gasteiger partial charge in [0.1, 0.15) is 0 Å². The second-order valence-electron chi connectivity index (χ2n) is 2.72. The number of rotatable bonds is 9. The van der Waals surface area contributed by atoms with E-state index in [0.29, 0.717) is 13.0 Å². The molecule has 0 fully saturated rings. The van der Waals surface area contributed by atoms with Crippen molar-refractivity contribution in [3.05, 3.63) is 37.0 Å². The predicted octanol–water partition coefficient (Wildman–Crippen LogP) is 2.13. The molecule has 1 amide bonds. The van der Waals surface area contributed by atoms with Crippen LogP contribution in [0.2, 0.25) is 0 Å². The van der Waals surface area contributed by atoms with E-state index in [1.165, 1.54) is 5.57 Å². The van der Waals surface area contributed by atoms with Crippen molar-refractivity contribution in [2.24, 2.45) is 0 Å². The molecule has 0 heterocycles. The topological polar surface area (TPSA) is 38.3 Å². The van der Waals surface area contributed by atoms with Gasteiger partial charge in [-0.2, -0.15) is 0 Å². The molecule has 0 rings (SSSR count). The fourth-order valence-electron chi connectivity index (χ4n) is 1.00. The third-order valence-corrected chi connectivity index (χ3v) is 1.69. The minimum Gasteiger partial charge on any atom is -0.277 e. The number of carbonyl (C=O) groups is 1. The Morgan fingerprint density at radius 1 is 1.36 bits per heavy atom. The molecule has 78 valence electrons. The highest BCUT2D eigenvalue weighted by molar-refractivity contribution is 5.43. The molecule has 0 unspecified atom stereocenters. The average Bonchev–Trinajstić information content (AvgIpc) is 2.21. The van der Waals surface area contributed by atoms with Crippen LogP contribution in [0.4, 0.5) is 0 Å². The fourth-order valence-corrected chi connectivity index (χ4v) is 1.00. The van der Waals surface area contributed by atoms with E-state index in [0.717, 1.165) is 19.3 Å². The van der Waals surface area contributed by atoms with Crippen LogP contribution in [0.5, 0.6) is 0 Å². The van der Waals surface area contributed by atoms with Gasteiger partial charge in [-0.15, -0.1) is 0 Å². The molecular weight excluding hydrogens is 178 g/mol. The number of nitrogens with one attached hydrogen (secondary N) is 1. The third kappa shape index (κ3) is 7.31. The minimum absolute atomic E-state index is 0.521. The van der Waals surface area contributed by atoms with Gasteiger partial charge in [-0.1, -0.05) is 31.4 Å². The van der Waals surface area contributed by atoms with Crippen molar-refractivity contribution in [3.63, 3.8) is 0 Å². The van der Waals surface area contributed by atoms with Crippen molar-refractivity contribution in [2.45, 2.75) is 19.3 Å². The number of hydrogen-bond donors (Lipinski definition) is 1. The molecule has 0 aliphatic carbocycles. The summed E-state index contributed by atoms with van der Waals surface area (Å²) in [6.07, 6.45) is 8.91. The maximum atomic E-state index is 9.81. The van der Waals surface area contributed by atoms with E-state index in [1.54, 1.807) is 6.08 Å². The lowest BCUT2D eigenvalue weighted by molar-refractivity contribution is -0.120. The Labute approximate surface area is 85.1 Å². The largest absolute Gasteiger partial charge is 0.277 e. The van der Waals surface area contributed by atoms with Gasteiger partial charge < -0.3 is 0 Å². The fraction of sp³-hybridized carbons (Fsp3) is 0.364. The maximum absolute atomic E-state index is 9.81. The highest BCUT2D eigenvalue weighted by atomic mass is 16.6.